The summed E-state index contributed by atoms with van der Waals surface area (Å²) >= 11 is 1.59. The molecule has 0 unspecified atom stereocenters. The number of carbonyl (C=O) groups is 1. The lowest BCUT2D eigenvalue weighted by atomic mass is 10.1. The van der Waals surface area contributed by atoms with Crippen molar-refractivity contribution >= 4 is 22.9 Å². The second-order valence-electron chi connectivity index (χ2n) is 4.04. The average Bonchev–Trinajstić information content (AvgIpc) is 2.91. The summed E-state index contributed by atoms with van der Waals surface area (Å²) in [5, 5.41) is 4.56. The van der Waals surface area contributed by atoms with Gasteiger partial charge in [0.25, 0.3) is 5.91 Å². The SMILES string of the molecule is NNc1c(F)cc(C(=O)NCCc2cccs2)cc1F. The lowest BCUT2D eigenvalue weighted by Crippen LogP contribution is -2.26. The van der Waals surface area contributed by atoms with Gasteiger partial charge in [0, 0.05) is 17.0 Å². The van der Waals surface area contributed by atoms with Crippen molar-refractivity contribution in [2.45, 2.75) is 6.42 Å². The monoisotopic (exact) mass is 297 g/mol. The Kier molecular flexibility index (Phi) is 4.65. The minimum atomic E-state index is -0.907. The summed E-state index contributed by atoms with van der Waals surface area (Å²) in [4.78, 5) is 12.9. The first-order chi connectivity index (χ1) is 9.61. The molecule has 0 bridgehead atoms. The predicted molar refractivity (Wildman–Crippen MR) is 74.5 cm³/mol. The molecule has 1 aromatic heterocycles. The molecule has 1 heterocycles. The van der Waals surface area contributed by atoms with Crippen molar-refractivity contribution in [2.24, 2.45) is 5.84 Å². The van der Waals surface area contributed by atoms with Crippen LogP contribution in [-0.4, -0.2) is 12.5 Å². The minimum Gasteiger partial charge on any atom is -0.352 e. The van der Waals surface area contributed by atoms with Crippen LogP contribution < -0.4 is 16.6 Å². The molecule has 0 fully saturated rings. The van der Waals surface area contributed by atoms with Crippen LogP contribution in [-0.2, 0) is 6.42 Å². The van der Waals surface area contributed by atoms with E-state index in [9.17, 15) is 13.6 Å². The predicted octanol–water partition coefficient (Wildman–Crippen LogP) is 2.28. The van der Waals surface area contributed by atoms with Crippen molar-refractivity contribution in [2.75, 3.05) is 12.0 Å². The maximum Gasteiger partial charge on any atom is 0.251 e. The van der Waals surface area contributed by atoms with Crippen LogP contribution in [0.3, 0.4) is 0 Å². The van der Waals surface area contributed by atoms with E-state index in [1.165, 1.54) is 0 Å². The second kappa shape index (κ2) is 6.44. The minimum absolute atomic E-state index is 0.0785. The van der Waals surface area contributed by atoms with Crippen LogP contribution in [0, 0.1) is 11.6 Å². The number of halogens is 2. The molecule has 0 aliphatic rings. The largest absolute Gasteiger partial charge is 0.352 e. The summed E-state index contributed by atoms with van der Waals surface area (Å²) in [5.74, 6) is 2.64. The molecule has 0 saturated heterocycles. The highest BCUT2D eigenvalue weighted by molar-refractivity contribution is 7.09. The third kappa shape index (κ3) is 3.31. The first kappa shape index (κ1) is 14.4. The summed E-state index contributed by atoms with van der Waals surface area (Å²) in [6.45, 7) is 0.402. The van der Waals surface area contributed by atoms with Crippen LogP contribution in [0.1, 0.15) is 15.2 Å². The number of anilines is 1. The highest BCUT2D eigenvalue weighted by Crippen LogP contribution is 2.19. The van der Waals surface area contributed by atoms with Gasteiger partial charge in [-0.15, -0.1) is 11.3 Å². The van der Waals surface area contributed by atoms with Crippen molar-refractivity contribution in [1.29, 1.82) is 0 Å². The van der Waals surface area contributed by atoms with Gasteiger partial charge in [-0.3, -0.25) is 10.6 Å². The Morgan fingerprint density at radius 3 is 2.55 bits per heavy atom. The van der Waals surface area contributed by atoms with Gasteiger partial charge in [0.15, 0.2) is 11.6 Å². The van der Waals surface area contributed by atoms with Gasteiger partial charge in [-0.2, -0.15) is 0 Å². The van der Waals surface area contributed by atoms with Crippen molar-refractivity contribution < 1.29 is 13.6 Å². The van der Waals surface area contributed by atoms with E-state index in [1.54, 1.807) is 11.3 Å². The first-order valence-corrected chi connectivity index (χ1v) is 6.76. The van der Waals surface area contributed by atoms with Gasteiger partial charge in [-0.25, -0.2) is 8.78 Å². The maximum atomic E-state index is 13.5. The van der Waals surface area contributed by atoms with E-state index in [2.05, 4.69) is 5.32 Å². The number of nitrogen functional groups attached to an aromatic ring is 1. The second-order valence-corrected chi connectivity index (χ2v) is 5.08. The van der Waals surface area contributed by atoms with E-state index in [0.717, 1.165) is 17.0 Å². The quantitative estimate of drug-likeness (QED) is 0.586. The Balaban J connectivity index is 1.99. The number of hydrogen-bond donors (Lipinski definition) is 3. The van der Waals surface area contributed by atoms with Gasteiger partial charge in [0.2, 0.25) is 0 Å². The van der Waals surface area contributed by atoms with Crippen molar-refractivity contribution in [3.05, 3.63) is 51.7 Å². The van der Waals surface area contributed by atoms with Gasteiger partial charge in [-0.05, 0) is 30.0 Å². The Labute approximate surface area is 118 Å². The van der Waals surface area contributed by atoms with E-state index in [4.69, 9.17) is 5.84 Å². The maximum absolute atomic E-state index is 13.5. The highest BCUT2D eigenvalue weighted by atomic mass is 32.1. The number of benzene rings is 1. The Morgan fingerprint density at radius 1 is 1.30 bits per heavy atom. The molecule has 0 spiro atoms. The number of amides is 1. The Hall–Kier alpha value is -1.99. The van der Waals surface area contributed by atoms with Crippen LogP contribution in [0.4, 0.5) is 14.5 Å². The fourth-order valence-electron chi connectivity index (χ4n) is 1.70. The fourth-order valence-corrected chi connectivity index (χ4v) is 2.41. The van der Waals surface area contributed by atoms with Crippen molar-refractivity contribution in [1.82, 2.24) is 5.32 Å². The highest BCUT2D eigenvalue weighted by Gasteiger charge is 2.14. The van der Waals surface area contributed by atoms with E-state index >= 15 is 0 Å². The molecule has 1 aromatic carbocycles. The molecule has 7 heteroatoms. The summed E-state index contributed by atoms with van der Waals surface area (Å²) in [7, 11) is 0. The molecular weight excluding hydrogens is 284 g/mol. The number of nitrogens with two attached hydrogens (primary N) is 1. The first-order valence-electron chi connectivity index (χ1n) is 5.88. The third-order valence-electron chi connectivity index (χ3n) is 2.69. The van der Waals surface area contributed by atoms with Crippen LogP contribution in [0.5, 0.6) is 0 Å². The summed E-state index contributed by atoms with van der Waals surface area (Å²) < 4.78 is 26.9. The lowest BCUT2D eigenvalue weighted by Gasteiger charge is -2.08. The standard InChI is InChI=1S/C13H13F2N3OS/c14-10-6-8(7-11(15)12(10)18-16)13(19)17-4-3-9-2-1-5-20-9/h1-2,5-7,18H,3-4,16H2,(H,17,19). The third-order valence-corrected chi connectivity index (χ3v) is 3.62. The molecule has 2 rings (SSSR count). The lowest BCUT2D eigenvalue weighted by molar-refractivity contribution is 0.0953. The number of hydrogen-bond acceptors (Lipinski definition) is 4. The molecule has 2 aromatic rings. The van der Waals surface area contributed by atoms with Crippen molar-refractivity contribution in [3.8, 4) is 0 Å². The number of carbonyl (C=O) groups excluding carboxylic acids is 1. The molecule has 0 aliphatic carbocycles. The number of nitrogens with one attached hydrogen (secondary N) is 2. The Morgan fingerprint density at radius 2 is 2.00 bits per heavy atom. The van der Waals surface area contributed by atoms with E-state index < -0.39 is 23.2 Å². The van der Waals surface area contributed by atoms with Gasteiger partial charge < -0.3 is 10.7 Å². The molecule has 0 aliphatic heterocycles. The van der Waals surface area contributed by atoms with Crippen LogP contribution in [0.15, 0.2) is 29.6 Å². The zero-order valence-electron chi connectivity index (χ0n) is 10.5. The van der Waals surface area contributed by atoms with E-state index in [0.29, 0.717) is 13.0 Å². The normalized spacial score (nSPS) is 10.3. The van der Waals surface area contributed by atoms with Crippen LogP contribution in [0.25, 0.3) is 0 Å². The van der Waals surface area contributed by atoms with Gasteiger partial charge in [0.1, 0.15) is 5.69 Å². The van der Waals surface area contributed by atoms with Gasteiger partial charge in [-0.1, -0.05) is 6.07 Å². The molecule has 1 amide bonds. The van der Waals surface area contributed by atoms with Crippen LogP contribution >= 0.6 is 11.3 Å². The molecule has 20 heavy (non-hydrogen) atoms. The molecular formula is C13H13F2N3OS. The molecule has 0 saturated carbocycles. The van der Waals surface area contributed by atoms with E-state index in [1.807, 2.05) is 22.9 Å². The number of rotatable bonds is 5. The molecule has 4 N–H and O–H groups in total. The molecule has 106 valence electrons. The molecule has 4 nitrogen and oxygen atoms in total. The summed E-state index contributed by atoms with van der Waals surface area (Å²) in [5.41, 5.74) is 1.37. The molecule has 0 radical (unpaired) electrons. The van der Waals surface area contributed by atoms with Crippen LogP contribution in [0.2, 0.25) is 0 Å². The zero-order chi connectivity index (χ0) is 14.5. The smallest absolute Gasteiger partial charge is 0.251 e. The van der Waals surface area contributed by atoms with Crippen molar-refractivity contribution in [3.63, 3.8) is 0 Å². The number of hydrazine groups is 1. The van der Waals surface area contributed by atoms with Gasteiger partial charge >= 0.3 is 0 Å². The number of thiophene rings is 1. The van der Waals surface area contributed by atoms with E-state index in [-0.39, 0.29) is 5.56 Å². The topological polar surface area (TPSA) is 67.1 Å². The summed E-state index contributed by atoms with van der Waals surface area (Å²) in [6, 6.07) is 5.76. The fraction of sp³-hybridized carbons (Fsp3) is 0.154. The average molecular weight is 297 g/mol. The summed E-state index contributed by atoms with van der Waals surface area (Å²) in [6.07, 6.45) is 0.677. The van der Waals surface area contributed by atoms with Gasteiger partial charge in [0.05, 0.1) is 0 Å². The zero-order valence-corrected chi connectivity index (χ0v) is 11.3. The Bertz CT molecular complexity index is 579. The molecule has 0 atom stereocenters.